The van der Waals surface area contributed by atoms with Crippen LogP contribution in [0.5, 0.6) is 11.5 Å². The van der Waals surface area contributed by atoms with E-state index in [1.165, 1.54) is 6.08 Å². The zero-order valence-corrected chi connectivity index (χ0v) is 22.6. The monoisotopic (exact) mass is 518 g/mol. The first-order valence-corrected chi connectivity index (χ1v) is 12.5. The maximum absolute atomic E-state index is 12.3. The molecule has 0 saturated carbocycles. The molecule has 0 atom stereocenters. The normalized spacial score (nSPS) is 11.4. The topological polar surface area (TPSA) is 104 Å². The van der Waals surface area contributed by atoms with Crippen LogP contribution in [0.25, 0.3) is 6.08 Å². The Morgan fingerprint density at radius 2 is 1.66 bits per heavy atom. The number of benzene rings is 2. The number of hydrogen-bond donors (Lipinski definition) is 3. The van der Waals surface area contributed by atoms with Crippen molar-refractivity contribution in [3.8, 4) is 11.5 Å². The van der Waals surface area contributed by atoms with Gasteiger partial charge in [0.05, 0.1) is 14.2 Å². The largest absolute Gasteiger partial charge is 0.493 e. The van der Waals surface area contributed by atoms with Crippen molar-refractivity contribution in [2.24, 2.45) is 0 Å². The summed E-state index contributed by atoms with van der Waals surface area (Å²) in [5, 5.41) is 13.5. The van der Waals surface area contributed by atoms with Gasteiger partial charge >= 0.3 is 0 Å². The van der Waals surface area contributed by atoms with E-state index in [2.05, 4.69) is 15.5 Å². The van der Waals surface area contributed by atoms with E-state index in [9.17, 15) is 9.59 Å². The van der Waals surface area contributed by atoms with E-state index in [4.69, 9.17) is 14.9 Å². The summed E-state index contributed by atoms with van der Waals surface area (Å²) in [6, 6.07) is 12.3. The molecule has 8 heteroatoms. The Labute approximate surface area is 225 Å². The average Bonchev–Trinajstić information content (AvgIpc) is 2.92. The number of hydrogen-bond acceptors (Lipinski definition) is 6. The summed E-state index contributed by atoms with van der Waals surface area (Å²) >= 11 is 0. The summed E-state index contributed by atoms with van der Waals surface area (Å²) in [6.45, 7) is 1.51. The fourth-order valence-corrected chi connectivity index (χ4v) is 3.37. The quantitative estimate of drug-likeness (QED) is 0.176. The summed E-state index contributed by atoms with van der Waals surface area (Å²) in [7, 11) is 7.20. The molecule has 2 aromatic rings. The fraction of sp³-hybridized carbons (Fsp3) is 0.300. The van der Waals surface area contributed by atoms with Crippen molar-refractivity contribution in [3.05, 3.63) is 84.0 Å². The highest BCUT2D eigenvalue weighted by Crippen LogP contribution is 2.27. The van der Waals surface area contributed by atoms with Gasteiger partial charge in [0.25, 0.3) is 11.8 Å². The Hall–Kier alpha value is -4.17. The maximum atomic E-state index is 12.3. The number of nitrogens with one attached hydrogen (secondary N) is 3. The van der Waals surface area contributed by atoms with Crippen LogP contribution in [0.1, 0.15) is 35.2 Å². The van der Waals surface area contributed by atoms with Gasteiger partial charge in [-0.15, -0.1) is 0 Å². The number of nitrogens with zero attached hydrogens (tertiary/aromatic N) is 1. The van der Waals surface area contributed by atoms with Crippen LogP contribution >= 0.6 is 0 Å². The predicted molar refractivity (Wildman–Crippen MR) is 154 cm³/mol. The zero-order chi connectivity index (χ0) is 27.8. The lowest BCUT2D eigenvalue weighted by molar-refractivity contribution is -0.110. The zero-order valence-electron chi connectivity index (χ0n) is 22.6. The maximum Gasteiger partial charge on any atom is 0.273 e. The third kappa shape index (κ3) is 10.8. The van der Waals surface area contributed by atoms with Crippen LogP contribution in [-0.2, 0) is 4.79 Å². The van der Waals surface area contributed by atoms with Crippen molar-refractivity contribution in [2.45, 2.75) is 19.3 Å². The van der Waals surface area contributed by atoms with Gasteiger partial charge < -0.3 is 25.0 Å². The number of unbranched alkanes of at least 4 members (excludes halogenated alkanes) is 1. The van der Waals surface area contributed by atoms with Crippen molar-refractivity contribution in [1.82, 2.24) is 10.2 Å². The fourth-order valence-electron chi connectivity index (χ4n) is 3.37. The number of amides is 2. The molecule has 0 aromatic heterocycles. The lowest BCUT2D eigenvalue weighted by atomic mass is 10.1. The van der Waals surface area contributed by atoms with Gasteiger partial charge in [0.1, 0.15) is 5.71 Å². The van der Waals surface area contributed by atoms with E-state index in [0.717, 1.165) is 24.9 Å². The van der Waals surface area contributed by atoms with E-state index >= 15 is 0 Å². The van der Waals surface area contributed by atoms with Crippen LogP contribution in [0.2, 0.25) is 0 Å². The SMILES string of the molecule is COc1ccc(/C=C/C=C\CC/C=C/C(=N)C(=O)Nc2ccc(C(=O)NCCCN(C)C)cc2)cc1OC. The molecule has 202 valence electrons. The molecule has 0 bridgehead atoms. The van der Waals surface area contributed by atoms with Crippen LogP contribution in [-0.4, -0.2) is 63.8 Å². The molecule has 0 aliphatic carbocycles. The summed E-state index contributed by atoms with van der Waals surface area (Å²) in [6.07, 6.45) is 13.5. The molecule has 8 nitrogen and oxygen atoms in total. The number of ether oxygens (including phenoxy) is 2. The minimum atomic E-state index is -0.504. The molecule has 0 spiro atoms. The lowest BCUT2D eigenvalue weighted by Crippen LogP contribution is -2.27. The minimum Gasteiger partial charge on any atom is -0.493 e. The van der Waals surface area contributed by atoms with Gasteiger partial charge in [0.2, 0.25) is 0 Å². The van der Waals surface area contributed by atoms with Crippen molar-refractivity contribution < 1.29 is 19.1 Å². The first-order chi connectivity index (χ1) is 18.3. The van der Waals surface area contributed by atoms with Gasteiger partial charge in [-0.05, 0) is 87.9 Å². The number of carbonyl (C=O) groups is 2. The summed E-state index contributed by atoms with van der Waals surface area (Å²) < 4.78 is 10.5. The standard InChI is InChI=1S/C30H38N4O4/c1-34(2)21-11-20-32-29(35)24-15-17-25(18-16-24)33-30(36)26(31)13-10-8-6-5-7-9-12-23-14-19-27(37-3)28(22-23)38-4/h5,7,9-10,12-19,22,31H,6,8,11,20-21H2,1-4H3,(H,32,35)(H,33,36)/b7-5-,12-9+,13-10+,31-26?. The highest BCUT2D eigenvalue weighted by atomic mass is 16.5. The van der Waals surface area contributed by atoms with Gasteiger partial charge in [-0.1, -0.05) is 36.4 Å². The van der Waals surface area contributed by atoms with E-state index in [-0.39, 0.29) is 11.6 Å². The van der Waals surface area contributed by atoms with Crippen molar-refractivity contribution in [2.75, 3.05) is 46.7 Å². The van der Waals surface area contributed by atoms with Crippen LogP contribution in [0.4, 0.5) is 5.69 Å². The molecule has 2 rings (SSSR count). The van der Waals surface area contributed by atoms with Gasteiger partial charge in [0, 0.05) is 17.8 Å². The van der Waals surface area contributed by atoms with Crippen molar-refractivity contribution in [3.63, 3.8) is 0 Å². The third-order valence-electron chi connectivity index (χ3n) is 5.45. The molecule has 38 heavy (non-hydrogen) atoms. The molecule has 0 radical (unpaired) electrons. The second-order valence-electron chi connectivity index (χ2n) is 8.74. The molecular formula is C30H38N4O4. The number of methoxy groups -OCH3 is 2. The Balaban J connectivity index is 1.71. The Morgan fingerprint density at radius 1 is 0.947 bits per heavy atom. The molecule has 3 N–H and O–H groups in total. The van der Waals surface area contributed by atoms with Crippen LogP contribution in [0.3, 0.4) is 0 Å². The molecule has 0 heterocycles. The highest BCUT2D eigenvalue weighted by Gasteiger charge is 2.08. The molecule has 2 aromatic carbocycles. The second kappa shape index (κ2) is 16.6. The molecule has 0 saturated heterocycles. The third-order valence-corrected chi connectivity index (χ3v) is 5.45. The van der Waals surface area contributed by atoms with E-state index in [1.807, 2.05) is 56.6 Å². The Kier molecular flexibility index (Phi) is 13.1. The molecule has 0 unspecified atom stereocenters. The first kappa shape index (κ1) is 30.1. The van der Waals surface area contributed by atoms with Gasteiger partial charge in [-0.3, -0.25) is 15.0 Å². The van der Waals surface area contributed by atoms with E-state index in [0.29, 0.717) is 35.7 Å². The smallest absolute Gasteiger partial charge is 0.273 e. The molecule has 0 aliphatic heterocycles. The van der Waals surface area contributed by atoms with Gasteiger partial charge in [-0.25, -0.2) is 0 Å². The second-order valence-corrected chi connectivity index (χ2v) is 8.74. The lowest BCUT2D eigenvalue weighted by Gasteiger charge is -2.10. The Morgan fingerprint density at radius 3 is 2.34 bits per heavy atom. The highest BCUT2D eigenvalue weighted by molar-refractivity contribution is 6.45. The molecule has 2 amide bonds. The van der Waals surface area contributed by atoms with E-state index in [1.54, 1.807) is 44.6 Å². The predicted octanol–water partition coefficient (Wildman–Crippen LogP) is 4.95. The van der Waals surface area contributed by atoms with Gasteiger partial charge in [0.15, 0.2) is 11.5 Å². The summed E-state index contributed by atoms with van der Waals surface area (Å²) in [5.74, 6) is 0.718. The summed E-state index contributed by atoms with van der Waals surface area (Å²) in [4.78, 5) is 26.5. The average molecular weight is 519 g/mol. The molecule has 0 aliphatic rings. The van der Waals surface area contributed by atoms with Crippen LogP contribution in [0, 0.1) is 5.41 Å². The number of anilines is 1. The van der Waals surface area contributed by atoms with Crippen molar-refractivity contribution in [1.29, 1.82) is 5.41 Å². The number of carbonyl (C=O) groups excluding carboxylic acids is 2. The number of allylic oxidation sites excluding steroid dienone is 4. The van der Waals surface area contributed by atoms with Gasteiger partial charge in [-0.2, -0.15) is 0 Å². The van der Waals surface area contributed by atoms with Crippen LogP contribution < -0.4 is 20.1 Å². The number of rotatable bonds is 15. The minimum absolute atomic E-state index is 0.134. The first-order valence-electron chi connectivity index (χ1n) is 12.5. The van der Waals surface area contributed by atoms with Crippen molar-refractivity contribution >= 4 is 29.3 Å². The van der Waals surface area contributed by atoms with E-state index < -0.39 is 5.91 Å². The summed E-state index contributed by atoms with van der Waals surface area (Å²) in [5.41, 5.74) is 1.92. The molecular weight excluding hydrogens is 480 g/mol. The molecule has 0 fully saturated rings. The van der Waals surface area contributed by atoms with Crippen LogP contribution in [0.15, 0.2) is 72.8 Å². The Bertz CT molecular complexity index is 1150.